The Morgan fingerprint density at radius 1 is 1.03 bits per heavy atom. The third-order valence-corrected chi connectivity index (χ3v) is 7.63. The number of aliphatic hydroxyl groups excluding tert-OH is 1. The summed E-state index contributed by atoms with van der Waals surface area (Å²) in [6.45, 7) is 1.07. The summed E-state index contributed by atoms with van der Waals surface area (Å²) in [5.74, 6) is 0.849. The minimum Gasteiger partial charge on any atom is -0.489 e. The Labute approximate surface area is 228 Å². The van der Waals surface area contributed by atoms with Crippen LogP contribution in [0.2, 0.25) is 0 Å². The van der Waals surface area contributed by atoms with Crippen LogP contribution in [0.5, 0.6) is 5.75 Å². The summed E-state index contributed by atoms with van der Waals surface area (Å²) in [4.78, 5) is 8.71. The molecule has 2 atom stereocenters. The minimum atomic E-state index is -3.66. The summed E-state index contributed by atoms with van der Waals surface area (Å²) >= 11 is 0. The van der Waals surface area contributed by atoms with Gasteiger partial charge in [-0.15, -0.1) is 12.4 Å². The summed E-state index contributed by atoms with van der Waals surface area (Å²) < 4.78 is 33.8. The monoisotopic (exact) mass is 552 g/mol. The van der Waals surface area contributed by atoms with Crippen molar-refractivity contribution in [3.8, 4) is 17.0 Å². The highest BCUT2D eigenvalue weighted by atomic mass is 35.5. The van der Waals surface area contributed by atoms with Crippen LogP contribution in [0.15, 0.2) is 96.3 Å². The fourth-order valence-corrected chi connectivity index (χ4v) is 5.32. The first-order chi connectivity index (χ1) is 18.0. The molecule has 5 rings (SSSR count). The smallest absolute Gasteiger partial charge is 0.261 e. The van der Waals surface area contributed by atoms with Gasteiger partial charge in [0.15, 0.2) is 0 Å². The molecule has 198 valence electrons. The number of aryl methyl sites for hydroxylation is 1. The molecule has 10 heteroatoms. The number of hydrogen-bond acceptors (Lipinski definition) is 7. The Morgan fingerprint density at radius 3 is 2.61 bits per heavy atom. The average molecular weight is 553 g/mol. The molecule has 0 fully saturated rings. The van der Waals surface area contributed by atoms with Crippen LogP contribution < -0.4 is 14.8 Å². The molecule has 2 aromatic heterocycles. The van der Waals surface area contributed by atoms with E-state index in [-0.39, 0.29) is 23.4 Å². The Kier molecular flexibility index (Phi) is 8.96. The molecule has 0 saturated carbocycles. The summed E-state index contributed by atoms with van der Waals surface area (Å²) in [5.41, 5.74) is 3.99. The van der Waals surface area contributed by atoms with Gasteiger partial charge in [-0.25, -0.2) is 8.42 Å². The first kappa shape index (κ1) is 27.5. The molecule has 0 aliphatic carbocycles. The van der Waals surface area contributed by atoms with E-state index >= 15 is 0 Å². The Morgan fingerprint density at radius 2 is 1.87 bits per heavy atom. The lowest BCUT2D eigenvalue weighted by molar-refractivity contribution is 0.146. The van der Waals surface area contributed by atoms with E-state index < -0.39 is 16.1 Å². The van der Waals surface area contributed by atoms with Crippen LogP contribution in [0.1, 0.15) is 23.7 Å². The molecule has 38 heavy (non-hydrogen) atoms. The molecule has 0 saturated heterocycles. The lowest BCUT2D eigenvalue weighted by Crippen LogP contribution is -2.36. The Bertz CT molecular complexity index is 1440. The lowest BCUT2D eigenvalue weighted by atomic mass is 9.98. The van der Waals surface area contributed by atoms with Crippen molar-refractivity contribution < 1.29 is 18.3 Å². The second kappa shape index (κ2) is 12.4. The Hall–Kier alpha value is -3.50. The maximum Gasteiger partial charge on any atom is 0.261 e. The highest BCUT2D eigenvalue weighted by molar-refractivity contribution is 7.92. The van der Waals surface area contributed by atoms with Crippen LogP contribution in [0.25, 0.3) is 11.3 Å². The number of anilines is 1. The average Bonchev–Trinajstić information content (AvgIpc) is 2.94. The van der Waals surface area contributed by atoms with Gasteiger partial charge < -0.3 is 15.2 Å². The van der Waals surface area contributed by atoms with Crippen LogP contribution in [-0.2, 0) is 16.4 Å². The van der Waals surface area contributed by atoms with E-state index in [0.717, 1.165) is 41.0 Å². The van der Waals surface area contributed by atoms with Crippen molar-refractivity contribution in [2.24, 2.45) is 0 Å². The maximum absolute atomic E-state index is 12.5. The summed E-state index contributed by atoms with van der Waals surface area (Å²) in [6, 6.07) is 21.4. The SMILES string of the molecule is Cl.O=S(=O)(Nc1ccc(-c2ccc3c(c2)CC[C@H](CNC[C@H](O)c2cccnc2)O3)nc1)c1ccccc1. The van der Waals surface area contributed by atoms with Gasteiger partial charge in [0, 0.05) is 36.6 Å². The van der Waals surface area contributed by atoms with Crippen LogP contribution in [0.3, 0.4) is 0 Å². The molecule has 0 spiro atoms. The molecule has 2 aromatic carbocycles. The quantitative estimate of drug-likeness (QED) is 0.282. The molecule has 1 aliphatic heterocycles. The number of hydrogen-bond donors (Lipinski definition) is 3. The molecule has 0 amide bonds. The van der Waals surface area contributed by atoms with Crippen molar-refractivity contribution in [1.29, 1.82) is 0 Å². The van der Waals surface area contributed by atoms with Crippen LogP contribution in [0, 0.1) is 0 Å². The zero-order valence-electron chi connectivity index (χ0n) is 20.5. The molecule has 1 aliphatic rings. The number of sulfonamides is 1. The van der Waals surface area contributed by atoms with Crippen LogP contribution >= 0.6 is 12.4 Å². The molecular weight excluding hydrogens is 524 g/mol. The lowest BCUT2D eigenvalue weighted by Gasteiger charge is -2.27. The van der Waals surface area contributed by atoms with Crippen LogP contribution in [-0.4, -0.2) is 42.7 Å². The van der Waals surface area contributed by atoms with E-state index in [2.05, 4.69) is 26.1 Å². The predicted molar refractivity (Wildman–Crippen MR) is 149 cm³/mol. The molecule has 0 bridgehead atoms. The summed E-state index contributed by atoms with van der Waals surface area (Å²) in [5, 5.41) is 13.6. The van der Waals surface area contributed by atoms with E-state index in [1.54, 1.807) is 54.9 Å². The third kappa shape index (κ3) is 6.68. The molecule has 8 nitrogen and oxygen atoms in total. The van der Waals surface area contributed by atoms with Crippen molar-refractivity contribution >= 4 is 28.1 Å². The van der Waals surface area contributed by atoms with Gasteiger partial charge in [0.2, 0.25) is 0 Å². The number of ether oxygens (including phenoxy) is 1. The molecule has 4 aromatic rings. The standard InChI is InChI=1S/C28H28N4O4S.ClH/c33-27(22-5-4-14-29-16-22)19-30-18-24-11-8-21-15-20(9-13-28(21)36-24)26-12-10-23(17-31-26)32-37(34,35)25-6-2-1-3-7-25;/h1-7,9-10,12-17,24,27,30,32-33H,8,11,18-19H2;1H/t24-,27+;/m1./s1. The van der Waals surface area contributed by atoms with Gasteiger partial charge in [-0.3, -0.25) is 14.7 Å². The first-order valence-corrected chi connectivity index (χ1v) is 13.6. The zero-order valence-corrected chi connectivity index (χ0v) is 22.2. The number of nitrogens with zero attached hydrogens (tertiary/aromatic N) is 2. The Balaban J connectivity index is 0.00000336. The topological polar surface area (TPSA) is 113 Å². The number of aliphatic hydroxyl groups is 1. The highest BCUT2D eigenvalue weighted by Gasteiger charge is 2.21. The number of nitrogens with one attached hydrogen (secondary N) is 2. The van der Waals surface area contributed by atoms with E-state index in [1.807, 2.05) is 24.3 Å². The van der Waals surface area contributed by atoms with Crippen molar-refractivity contribution in [2.75, 3.05) is 17.8 Å². The van der Waals surface area contributed by atoms with Crippen molar-refractivity contribution in [2.45, 2.75) is 29.9 Å². The van der Waals surface area contributed by atoms with E-state index in [9.17, 15) is 13.5 Å². The fraction of sp³-hybridized carbons (Fsp3) is 0.214. The van der Waals surface area contributed by atoms with Gasteiger partial charge in [0.25, 0.3) is 10.0 Å². The number of pyridine rings is 2. The summed E-state index contributed by atoms with van der Waals surface area (Å²) in [7, 11) is -3.66. The molecule has 3 heterocycles. The zero-order chi connectivity index (χ0) is 25.7. The van der Waals surface area contributed by atoms with Gasteiger partial charge in [-0.05, 0) is 66.9 Å². The number of aromatic nitrogens is 2. The molecule has 3 N–H and O–H groups in total. The number of fused-ring (bicyclic) bond motifs is 1. The van der Waals surface area contributed by atoms with Crippen molar-refractivity contribution in [3.63, 3.8) is 0 Å². The van der Waals surface area contributed by atoms with E-state index in [1.165, 1.54) is 6.20 Å². The largest absolute Gasteiger partial charge is 0.489 e. The van der Waals surface area contributed by atoms with Gasteiger partial charge >= 0.3 is 0 Å². The maximum atomic E-state index is 12.5. The van der Waals surface area contributed by atoms with Crippen molar-refractivity contribution in [3.05, 3.63) is 103 Å². The predicted octanol–water partition coefficient (Wildman–Crippen LogP) is 4.38. The fourth-order valence-electron chi connectivity index (χ4n) is 4.26. The highest BCUT2D eigenvalue weighted by Crippen LogP contribution is 2.32. The number of benzene rings is 2. The normalized spacial score (nSPS) is 15.4. The van der Waals surface area contributed by atoms with Crippen LogP contribution in [0.4, 0.5) is 5.69 Å². The second-order valence-corrected chi connectivity index (χ2v) is 10.6. The summed E-state index contributed by atoms with van der Waals surface area (Å²) in [6.07, 6.45) is 6.02. The second-order valence-electron chi connectivity index (χ2n) is 8.91. The van der Waals surface area contributed by atoms with Crippen molar-refractivity contribution in [1.82, 2.24) is 15.3 Å². The van der Waals surface area contributed by atoms with Gasteiger partial charge in [-0.1, -0.05) is 24.3 Å². The minimum absolute atomic E-state index is 0. The van der Waals surface area contributed by atoms with Gasteiger partial charge in [0.05, 0.1) is 28.6 Å². The van der Waals surface area contributed by atoms with Gasteiger partial charge in [0.1, 0.15) is 11.9 Å². The molecular formula is C28H29ClN4O4S. The number of rotatable bonds is 9. The molecule has 0 radical (unpaired) electrons. The van der Waals surface area contributed by atoms with E-state index in [0.29, 0.717) is 18.8 Å². The first-order valence-electron chi connectivity index (χ1n) is 12.1. The molecule has 0 unspecified atom stereocenters. The number of halogens is 1. The van der Waals surface area contributed by atoms with E-state index in [4.69, 9.17) is 4.74 Å². The third-order valence-electron chi connectivity index (χ3n) is 6.23. The van der Waals surface area contributed by atoms with Gasteiger partial charge in [-0.2, -0.15) is 0 Å².